The van der Waals surface area contributed by atoms with Crippen molar-refractivity contribution in [2.24, 2.45) is 0 Å². The molecule has 0 unspecified atom stereocenters. The van der Waals surface area contributed by atoms with Crippen molar-refractivity contribution in [3.8, 4) is 0 Å². The van der Waals surface area contributed by atoms with Crippen molar-refractivity contribution in [1.29, 1.82) is 0 Å². The summed E-state index contributed by atoms with van der Waals surface area (Å²) >= 11 is 3.64. The monoisotopic (exact) mass is 340 g/mol. The van der Waals surface area contributed by atoms with Crippen LogP contribution >= 0.6 is 15.9 Å². The molecule has 0 spiro atoms. The maximum Gasteiger partial charge on any atom is 0.0517 e. The van der Waals surface area contributed by atoms with Gasteiger partial charge >= 0.3 is 0 Å². The van der Waals surface area contributed by atoms with Crippen LogP contribution in [0.5, 0.6) is 0 Å². The normalized spacial score (nSPS) is 10.8. The van der Waals surface area contributed by atoms with Gasteiger partial charge < -0.3 is 5.32 Å². The Bertz CT molecular complexity index is 768. The van der Waals surface area contributed by atoms with E-state index in [1.807, 2.05) is 18.5 Å². The molecule has 0 saturated carbocycles. The zero-order valence-corrected chi connectivity index (χ0v) is 13.7. The number of pyridine rings is 1. The average molecular weight is 341 g/mol. The van der Waals surface area contributed by atoms with Gasteiger partial charge in [-0.25, -0.2) is 0 Å². The third-order valence-electron chi connectivity index (χ3n) is 3.64. The predicted molar refractivity (Wildman–Crippen MR) is 92.7 cm³/mol. The molecular formula is C18H17BrN2. The summed E-state index contributed by atoms with van der Waals surface area (Å²) in [5.41, 5.74) is 4.86. The Balaban J connectivity index is 1.91. The van der Waals surface area contributed by atoms with E-state index in [0.717, 1.165) is 16.7 Å². The number of halogens is 1. The average Bonchev–Trinajstić information content (AvgIpc) is 2.46. The van der Waals surface area contributed by atoms with Crippen LogP contribution in [0.15, 0.2) is 53.3 Å². The standard InChI is InChI=1S/C18H17BrN2/c1-12-7-13(2)18(17(19)8-12)21-11-15-10-20-9-14-5-3-4-6-16(14)15/h3-10,21H,11H2,1-2H3. The van der Waals surface area contributed by atoms with E-state index in [1.165, 1.54) is 27.5 Å². The smallest absolute Gasteiger partial charge is 0.0517 e. The zero-order chi connectivity index (χ0) is 14.8. The van der Waals surface area contributed by atoms with Gasteiger partial charge in [0.1, 0.15) is 0 Å². The fourth-order valence-electron chi connectivity index (χ4n) is 2.64. The Kier molecular flexibility index (Phi) is 3.93. The lowest BCUT2D eigenvalue weighted by atomic mass is 10.1. The zero-order valence-electron chi connectivity index (χ0n) is 12.2. The van der Waals surface area contributed by atoms with Gasteiger partial charge in [-0.1, -0.05) is 30.3 Å². The van der Waals surface area contributed by atoms with Gasteiger partial charge in [-0.2, -0.15) is 0 Å². The number of fused-ring (bicyclic) bond motifs is 1. The van der Waals surface area contributed by atoms with Gasteiger partial charge in [0, 0.05) is 28.8 Å². The molecule has 1 N–H and O–H groups in total. The molecule has 106 valence electrons. The molecule has 1 heterocycles. The van der Waals surface area contributed by atoms with Crippen LogP contribution in [-0.2, 0) is 6.54 Å². The topological polar surface area (TPSA) is 24.9 Å². The van der Waals surface area contributed by atoms with Crippen molar-refractivity contribution in [3.63, 3.8) is 0 Å². The molecule has 0 aliphatic rings. The first-order chi connectivity index (χ1) is 10.1. The van der Waals surface area contributed by atoms with Gasteiger partial charge in [-0.15, -0.1) is 0 Å². The minimum absolute atomic E-state index is 0.761. The summed E-state index contributed by atoms with van der Waals surface area (Å²) in [5.74, 6) is 0. The molecule has 0 atom stereocenters. The van der Waals surface area contributed by atoms with Crippen molar-refractivity contribution in [3.05, 3.63) is 70.0 Å². The van der Waals surface area contributed by atoms with Crippen LogP contribution in [-0.4, -0.2) is 4.98 Å². The second kappa shape index (κ2) is 5.86. The Morgan fingerprint density at radius 1 is 1.10 bits per heavy atom. The summed E-state index contributed by atoms with van der Waals surface area (Å²) < 4.78 is 1.10. The van der Waals surface area contributed by atoms with Crippen molar-refractivity contribution in [2.75, 3.05) is 5.32 Å². The maximum absolute atomic E-state index is 4.33. The van der Waals surface area contributed by atoms with Gasteiger partial charge in [-0.3, -0.25) is 4.98 Å². The van der Waals surface area contributed by atoms with Gasteiger partial charge in [0.05, 0.1) is 5.69 Å². The van der Waals surface area contributed by atoms with Crippen LogP contribution in [0.3, 0.4) is 0 Å². The lowest BCUT2D eigenvalue weighted by Gasteiger charge is -2.14. The fourth-order valence-corrected chi connectivity index (χ4v) is 3.46. The van der Waals surface area contributed by atoms with E-state index in [-0.39, 0.29) is 0 Å². The van der Waals surface area contributed by atoms with E-state index in [2.05, 4.69) is 70.4 Å². The summed E-state index contributed by atoms with van der Waals surface area (Å²) in [6, 6.07) is 12.7. The molecule has 21 heavy (non-hydrogen) atoms. The molecule has 2 aromatic carbocycles. The number of anilines is 1. The Hall–Kier alpha value is -1.87. The molecule has 0 aliphatic carbocycles. The summed E-state index contributed by atoms with van der Waals surface area (Å²) in [5, 5.41) is 5.96. The van der Waals surface area contributed by atoms with Crippen LogP contribution in [0.2, 0.25) is 0 Å². The number of hydrogen-bond acceptors (Lipinski definition) is 2. The third-order valence-corrected chi connectivity index (χ3v) is 4.26. The van der Waals surface area contributed by atoms with Crippen molar-refractivity contribution in [2.45, 2.75) is 20.4 Å². The quantitative estimate of drug-likeness (QED) is 0.706. The summed E-state index contributed by atoms with van der Waals surface area (Å²) in [6.45, 7) is 4.99. The van der Waals surface area contributed by atoms with Gasteiger partial charge in [-0.05, 0) is 57.9 Å². The largest absolute Gasteiger partial charge is 0.380 e. The Labute approximate surface area is 133 Å². The van der Waals surface area contributed by atoms with Gasteiger partial charge in [0.15, 0.2) is 0 Å². The highest BCUT2D eigenvalue weighted by Crippen LogP contribution is 2.28. The molecule has 2 nitrogen and oxygen atoms in total. The van der Waals surface area contributed by atoms with E-state index in [4.69, 9.17) is 0 Å². The van der Waals surface area contributed by atoms with Crippen LogP contribution in [0.4, 0.5) is 5.69 Å². The van der Waals surface area contributed by atoms with Gasteiger partial charge in [0.25, 0.3) is 0 Å². The molecule has 0 fully saturated rings. The Morgan fingerprint density at radius 2 is 1.90 bits per heavy atom. The lowest BCUT2D eigenvalue weighted by molar-refractivity contribution is 1.12. The molecule has 0 aliphatic heterocycles. The molecule has 0 amide bonds. The van der Waals surface area contributed by atoms with Crippen molar-refractivity contribution < 1.29 is 0 Å². The van der Waals surface area contributed by atoms with E-state index >= 15 is 0 Å². The summed E-state index contributed by atoms with van der Waals surface area (Å²) in [7, 11) is 0. The number of nitrogens with zero attached hydrogens (tertiary/aromatic N) is 1. The highest BCUT2D eigenvalue weighted by atomic mass is 79.9. The molecule has 0 bridgehead atoms. The van der Waals surface area contributed by atoms with Crippen molar-refractivity contribution in [1.82, 2.24) is 4.98 Å². The number of nitrogens with one attached hydrogen (secondary N) is 1. The summed E-state index contributed by atoms with van der Waals surface area (Å²) in [6.07, 6.45) is 3.85. The van der Waals surface area contributed by atoms with E-state index in [0.29, 0.717) is 0 Å². The fraction of sp³-hybridized carbons (Fsp3) is 0.167. The van der Waals surface area contributed by atoms with Crippen LogP contribution in [0.1, 0.15) is 16.7 Å². The molecule has 3 aromatic rings. The number of hydrogen-bond donors (Lipinski definition) is 1. The predicted octanol–water partition coefficient (Wildman–Crippen LogP) is 5.23. The maximum atomic E-state index is 4.33. The molecule has 0 radical (unpaired) electrons. The highest BCUT2D eigenvalue weighted by molar-refractivity contribution is 9.10. The SMILES string of the molecule is Cc1cc(C)c(NCc2cncc3ccccc23)c(Br)c1. The number of benzene rings is 2. The number of aromatic nitrogens is 1. The molecule has 1 aromatic heterocycles. The molecule has 3 rings (SSSR count). The van der Waals surface area contributed by atoms with Crippen LogP contribution in [0.25, 0.3) is 10.8 Å². The molecular weight excluding hydrogens is 324 g/mol. The third kappa shape index (κ3) is 2.93. The lowest BCUT2D eigenvalue weighted by Crippen LogP contribution is -2.03. The van der Waals surface area contributed by atoms with E-state index < -0.39 is 0 Å². The number of aryl methyl sites for hydroxylation is 2. The van der Waals surface area contributed by atoms with Crippen molar-refractivity contribution >= 4 is 32.4 Å². The van der Waals surface area contributed by atoms with Gasteiger partial charge in [0.2, 0.25) is 0 Å². The molecule has 3 heteroatoms. The number of rotatable bonds is 3. The van der Waals surface area contributed by atoms with E-state index in [1.54, 1.807) is 0 Å². The minimum Gasteiger partial charge on any atom is -0.380 e. The molecule has 0 saturated heterocycles. The van der Waals surface area contributed by atoms with Crippen LogP contribution in [0, 0.1) is 13.8 Å². The first-order valence-electron chi connectivity index (χ1n) is 6.97. The van der Waals surface area contributed by atoms with Crippen LogP contribution < -0.4 is 5.32 Å². The minimum atomic E-state index is 0.761. The highest BCUT2D eigenvalue weighted by Gasteiger charge is 2.06. The summed E-state index contributed by atoms with van der Waals surface area (Å²) in [4.78, 5) is 4.33. The second-order valence-electron chi connectivity index (χ2n) is 5.31. The Morgan fingerprint density at radius 3 is 2.71 bits per heavy atom. The first-order valence-corrected chi connectivity index (χ1v) is 7.76. The first kappa shape index (κ1) is 14.1. The second-order valence-corrected chi connectivity index (χ2v) is 6.17. The van der Waals surface area contributed by atoms with E-state index in [9.17, 15) is 0 Å².